The van der Waals surface area contributed by atoms with Gasteiger partial charge >= 0.3 is 60.0 Å². The Morgan fingerprint density at radius 1 is 0.455 bits per heavy atom. The van der Waals surface area contributed by atoms with E-state index in [4.69, 9.17) is 0 Å². The molecule has 0 aromatic heterocycles. The van der Waals surface area contributed by atoms with Crippen LogP contribution in [0.5, 0.6) is 0 Å². The van der Waals surface area contributed by atoms with Gasteiger partial charge in [0.1, 0.15) is 0 Å². The standard InChI is InChI=1S/2BF4.Sr/c2*2-1(3,4)5;/q2*-1;+2. The van der Waals surface area contributed by atoms with Crippen molar-refractivity contribution in [1.29, 1.82) is 0 Å². The van der Waals surface area contributed by atoms with Gasteiger partial charge in [-0.2, -0.15) is 0 Å². The summed E-state index contributed by atoms with van der Waals surface area (Å²) in [6.45, 7) is 0. The number of rotatable bonds is 0. The van der Waals surface area contributed by atoms with Gasteiger partial charge in [0.25, 0.3) is 0 Å². The van der Waals surface area contributed by atoms with Gasteiger partial charge in [0.15, 0.2) is 0 Å². The quantitative estimate of drug-likeness (QED) is 0.463. The van der Waals surface area contributed by atoms with E-state index < -0.39 is 14.5 Å². The molecule has 0 rings (SSSR count). The van der Waals surface area contributed by atoms with Crippen molar-refractivity contribution in [2.24, 2.45) is 0 Å². The van der Waals surface area contributed by atoms with Gasteiger partial charge in [-0.25, -0.2) is 0 Å². The van der Waals surface area contributed by atoms with E-state index in [1.807, 2.05) is 0 Å². The van der Waals surface area contributed by atoms with Crippen molar-refractivity contribution in [2.45, 2.75) is 0 Å². The fourth-order valence-corrected chi connectivity index (χ4v) is 0. The first-order valence-corrected chi connectivity index (χ1v) is 1.75. The smallest absolute Gasteiger partial charge is 0.418 e. The van der Waals surface area contributed by atoms with Crippen molar-refractivity contribution in [3.05, 3.63) is 0 Å². The summed E-state index contributed by atoms with van der Waals surface area (Å²) in [5.41, 5.74) is 0. The molecule has 0 saturated heterocycles. The second kappa shape index (κ2) is 6.55. The minimum Gasteiger partial charge on any atom is -0.418 e. The average Bonchev–Trinajstić information content (AvgIpc) is 1.12. The zero-order chi connectivity index (χ0) is 9.00. The summed E-state index contributed by atoms with van der Waals surface area (Å²) >= 11 is 0. The molecular weight excluding hydrogens is 261 g/mol. The molecule has 0 aromatic rings. The minimum atomic E-state index is -6.00. The largest absolute Gasteiger partial charge is 2.00 e. The topological polar surface area (TPSA) is 0 Å². The fourth-order valence-electron chi connectivity index (χ4n) is 0. The van der Waals surface area contributed by atoms with Gasteiger partial charge in [0.05, 0.1) is 0 Å². The molecule has 0 aliphatic carbocycles. The van der Waals surface area contributed by atoms with E-state index >= 15 is 0 Å². The summed E-state index contributed by atoms with van der Waals surface area (Å²) in [5, 5.41) is 0. The maximum atomic E-state index is 9.75. The van der Waals surface area contributed by atoms with Crippen LogP contribution in [0.25, 0.3) is 0 Å². The van der Waals surface area contributed by atoms with Crippen LogP contribution in [-0.2, 0) is 0 Å². The van der Waals surface area contributed by atoms with Crippen LogP contribution >= 0.6 is 0 Å². The molecule has 0 N–H and O–H groups in total. The van der Waals surface area contributed by atoms with Crippen molar-refractivity contribution < 1.29 is 34.5 Å². The van der Waals surface area contributed by atoms with Crippen LogP contribution in [0.3, 0.4) is 0 Å². The van der Waals surface area contributed by atoms with Crippen molar-refractivity contribution in [2.75, 3.05) is 0 Å². The molecule has 11 heavy (non-hydrogen) atoms. The summed E-state index contributed by atoms with van der Waals surface area (Å²) in [7, 11) is -12.0. The molecule has 0 spiro atoms. The zero-order valence-electron chi connectivity index (χ0n) is 4.89. The molecule has 0 unspecified atom stereocenters. The molecule has 0 nitrogen and oxygen atoms in total. The molecule has 0 heterocycles. The Hall–Kier alpha value is 1.05. The molecule has 64 valence electrons. The van der Waals surface area contributed by atoms with E-state index in [0.717, 1.165) is 0 Å². The first-order chi connectivity index (χ1) is 4.00. The number of halogens is 8. The van der Waals surface area contributed by atoms with Gasteiger partial charge in [-0.15, -0.1) is 0 Å². The number of hydrogen-bond donors (Lipinski definition) is 0. The van der Waals surface area contributed by atoms with Crippen molar-refractivity contribution >= 4 is 60.0 Å². The van der Waals surface area contributed by atoms with Crippen molar-refractivity contribution in [1.82, 2.24) is 0 Å². The number of hydrogen-bond acceptors (Lipinski definition) is 0. The Bertz CT molecular complexity index is 55.1. The van der Waals surface area contributed by atoms with Crippen LogP contribution < -0.4 is 0 Å². The van der Waals surface area contributed by atoms with Crippen LogP contribution in [-0.4, -0.2) is 60.0 Å². The summed E-state index contributed by atoms with van der Waals surface area (Å²) in [5.74, 6) is 0. The van der Waals surface area contributed by atoms with E-state index in [9.17, 15) is 34.5 Å². The summed E-state index contributed by atoms with van der Waals surface area (Å²) < 4.78 is 78.0. The Balaban J connectivity index is -0.000000107. The van der Waals surface area contributed by atoms with Gasteiger partial charge in [-0.3, -0.25) is 0 Å². The van der Waals surface area contributed by atoms with Crippen molar-refractivity contribution in [3.8, 4) is 0 Å². The fraction of sp³-hybridized carbons (Fsp3) is 0. The third kappa shape index (κ3) is 820. The molecule has 0 aliphatic heterocycles. The van der Waals surface area contributed by atoms with Crippen molar-refractivity contribution in [3.63, 3.8) is 0 Å². The average molecular weight is 261 g/mol. The van der Waals surface area contributed by atoms with Gasteiger partial charge in [0.2, 0.25) is 0 Å². The molecule has 0 bridgehead atoms. The molecular formula is B2F8Sr. The molecule has 0 aliphatic rings. The predicted molar refractivity (Wildman–Crippen MR) is 26.1 cm³/mol. The molecule has 0 fully saturated rings. The summed E-state index contributed by atoms with van der Waals surface area (Å²) in [6.07, 6.45) is 0. The van der Waals surface area contributed by atoms with Crippen LogP contribution in [0.4, 0.5) is 34.5 Å². The maximum absolute atomic E-state index is 9.75. The van der Waals surface area contributed by atoms with Crippen LogP contribution in [0.1, 0.15) is 0 Å². The van der Waals surface area contributed by atoms with Crippen LogP contribution in [0.15, 0.2) is 0 Å². The van der Waals surface area contributed by atoms with E-state index in [1.54, 1.807) is 0 Å². The van der Waals surface area contributed by atoms with E-state index in [0.29, 0.717) is 0 Å². The van der Waals surface area contributed by atoms with Crippen LogP contribution in [0, 0.1) is 0 Å². The first-order valence-electron chi connectivity index (χ1n) is 1.75. The first kappa shape index (κ1) is 18.0. The Labute approximate surface area is 93.8 Å². The molecule has 0 amide bonds. The molecule has 0 saturated carbocycles. The maximum Gasteiger partial charge on any atom is 2.00 e. The normalized spacial score (nSPS) is 10.9. The zero-order valence-corrected chi connectivity index (χ0v) is 8.36. The summed E-state index contributed by atoms with van der Waals surface area (Å²) in [4.78, 5) is 0. The molecule has 0 atom stereocenters. The second-order valence-electron chi connectivity index (χ2n) is 0.990. The summed E-state index contributed by atoms with van der Waals surface area (Å²) in [6, 6.07) is 0. The van der Waals surface area contributed by atoms with Gasteiger partial charge in [-0.1, -0.05) is 0 Å². The monoisotopic (exact) mass is 262 g/mol. The second-order valence-corrected chi connectivity index (χ2v) is 0.990. The Morgan fingerprint density at radius 2 is 0.455 bits per heavy atom. The van der Waals surface area contributed by atoms with E-state index in [1.165, 1.54) is 0 Å². The molecule has 11 heteroatoms. The third-order valence-electron chi connectivity index (χ3n) is 0. The molecule has 0 aromatic carbocycles. The van der Waals surface area contributed by atoms with Gasteiger partial charge in [-0.05, 0) is 0 Å². The minimum absolute atomic E-state index is 0. The van der Waals surface area contributed by atoms with Gasteiger partial charge < -0.3 is 34.5 Å². The van der Waals surface area contributed by atoms with Gasteiger partial charge in [0, 0.05) is 0 Å². The molecule has 0 radical (unpaired) electrons. The predicted octanol–water partition coefficient (Wildman–Crippen LogP) is 2.22. The Kier molecular flexibility index (Phi) is 10.7. The third-order valence-corrected chi connectivity index (χ3v) is 0. The SMILES string of the molecule is F[B-](F)(F)F.F[B-](F)(F)F.[Sr+2]. The Morgan fingerprint density at radius 3 is 0.455 bits per heavy atom. The van der Waals surface area contributed by atoms with E-state index in [-0.39, 0.29) is 45.5 Å². The van der Waals surface area contributed by atoms with E-state index in [2.05, 4.69) is 0 Å². The van der Waals surface area contributed by atoms with Crippen LogP contribution in [0.2, 0.25) is 0 Å².